The van der Waals surface area contributed by atoms with Crippen molar-refractivity contribution in [2.75, 3.05) is 19.4 Å². The van der Waals surface area contributed by atoms with Crippen LogP contribution in [0.2, 0.25) is 5.02 Å². The number of H-pyrrole nitrogens is 1. The number of benzene rings is 2. The number of nitrogens with one attached hydrogen (secondary N) is 2. The Balaban J connectivity index is 1.75. The zero-order valence-electron chi connectivity index (χ0n) is 15.4. The number of halogens is 1. The maximum absolute atomic E-state index is 12.5. The van der Waals surface area contributed by atoms with Crippen LogP contribution < -0.4 is 5.32 Å². The Labute approximate surface area is 172 Å². The van der Waals surface area contributed by atoms with Gasteiger partial charge in [0.05, 0.1) is 21.3 Å². The van der Waals surface area contributed by atoms with E-state index in [0.717, 1.165) is 15.3 Å². The number of fused-ring (bicyclic) bond motifs is 1. The topological polar surface area (TPSA) is 95.2 Å². The van der Waals surface area contributed by atoms with Crippen molar-refractivity contribution < 1.29 is 13.2 Å². The van der Waals surface area contributed by atoms with Gasteiger partial charge >= 0.3 is 0 Å². The molecule has 1 heterocycles. The zero-order valence-corrected chi connectivity index (χ0v) is 17.8. The summed E-state index contributed by atoms with van der Waals surface area (Å²) in [6.45, 7) is 1.75. The standard InChI is InChI=1S/C18H19ClN4O3S2/c1-11(27-18-21-14-6-4-5-7-15(14)22-18)17(24)20-12-8-9-13(19)16(10-12)28(25,26)23(2)3/h4-11H,1-3H3,(H,20,24)(H,21,22)/t11-/m1/s1. The highest BCUT2D eigenvalue weighted by molar-refractivity contribution is 8.00. The van der Waals surface area contributed by atoms with Gasteiger partial charge in [0.1, 0.15) is 4.90 Å². The highest BCUT2D eigenvalue weighted by Crippen LogP contribution is 2.28. The summed E-state index contributed by atoms with van der Waals surface area (Å²) in [5, 5.41) is 3.01. The Bertz CT molecular complexity index is 1100. The Hall–Kier alpha value is -2.07. The van der Waals surface area contributed by atoms with Gasteiger partial charge in [-0.3, -0.25) is 4.79 Å². The number of aromatic amines is 1. The number of rotatable bonds is 6. The first-order valence-electron chi connectivity index (χ1n) is 8.33. The van der Waals surface area contributed by atoms with Crippen LogP contribution >= 0.6 is 23.4 Å². The lowest BCUT2D eigenvalue weighted by Gasteiger charge is -2.15. The third-order valence-corrected chi connectivity index (χ3v) is 7.26. The van der Waals surface area contributed by atoms with Crippen molar-refractivity contribution in [3.63, 3.8) is 0 Å². The van der Waals surface area contributed by atoms with Crippen LogP contribution in [0.4, 0.5) is 5.69 Å². The quantitative estimate of drug-likeness (QED) is 0.573. The SMILES string of the molecule is C[C@@H](Sc1nc2ccccc2[nH]1)C(=O)Nc1ccc(Cl)c(S(=O)(=O)N(C)C)c1. The van der Waals surface area contributed by atoms with Crippen LogP contribution in [0.5, 0.6) is 0 Å². The normalized spacial score (nSPS) is 13.0. The minimum Gasteiger partial charge on any atom is -0.333 e. The van der Waals surface area contributed by atoms with Crippen LogP contribution in [0.3, 0.4) is 0 Å². The fourth-order valence-corrected chi connectivity index (χ4v) is 4.64. The smallest absolute Gasteiger partial charge is 0.244 e. The summed E-state index contributed by atoms with van der Waals surface area (Å²) in [4.78, 5) is 20.1. The van der Waals surface area contributed by atoms with Crippen molar-refractivity contribution in [3.8, 4) is 0 Å². The molecule has 0 radical (unpaired) electrons. The number of amides is 1. The number of nitrogens with zero attached hydrogens (tertiary/aromatic N) is 2. The third kappa shape index (κ3) is 4.33. The summed E-state index contributed by atoms with van der Waals surface area (Å²) in [6.07, 6.45) is 0. The first-order chi connectivity index (χ1) is 13.2. The lowest BCUT2D eigenvalue weighted by molar-refractivity contribution is -0.115. The van der Waals surface area contributed by atoms with Crippen molar-refractivity contribution in [3.05, 3.63) is 47.5 Å². The molecule has 3 rings (SSSR count). The van der Waals surface area contributed by atoms with Crippen molar-refractivity contribution in [1.29, 1.82) is 0 Å². The predicted octanol–water partition coefficient (Wildman–Crippen LogP) is 3.59. The molecule has 0 unspecified atom stereocenters. The molecule has 0 saturated heterocycles. The van der Waals surface area contributed by atoms with Crippen LogP contribution in [0.1, 0.15) is 6.92 Å². The second-order valence-corrected chi connectivity index (χ2v) is 10.1. The molecule has 0 aliphatic heterocycles. The Kier molecular flexibility index (Phi) is 5.99. The van der Waals surface area contributed by atoms with Gasteiger partial charge in [0.15, 0.2) is 5.16 Å². The fourth-order valence-electron chi connectivity index (χ4n) is 2.43. The van der Waals surface area contributed by atoms with E-state index in [1.54, 1.807) is 13.0 Å². The van der Waals surface area contributed by atoms with E-state index in [-0.39, 0.29) is 15.8 Å². The molecule has 0 bridgehead atoms. The molecule has 3 aromatic rings. The lowest BCUT2D eigenvalue weighted by atomic mass is 10.3. The van der Waals surface area contributed by atoms with Gasteiger partial charge in [-0.2, -0.15) is 0 Å². The number of imidazole rings is 1. The van der Waals surface area contributed by atoms with Gasteiger partial charge in [0.2, 0.25) is 15.9 Å². The van der Waals surface area contributed by atoms with Crippen molar-refractivity contribution in [1.82, 2.24) is 14.3 Å². The molecule has 0 spiro atoms. The van der Waals surface area contributed by atoms with Gasteiger partial charge < -0.3 is 10.3 Å². The van der Waals surface area contributed by atoms with E-state index in [0.29, 0.717) is 10.8 Å². The number of hydrogen-bond donors (Lipinski definition) is 2. The Morgan fingerprint density at radius 2 is 1.96 bits per heavy atom. The van der Waals surface area contributed by atoms with E-state index in [1.165, 1.54) is 38.0 Å². The van der Waals surface area contributed by atoms with E-state index in [9.17, 15) is 13.2 Å². The minimum atomic E-state index is -3.72. The number of para-hydroxylation sites is 2. The number of thioether (sulfide) groups is 1. The highest BCUT2D eigenvalue weighted by Gasteiger charge is 2.22. The van der Waals surface area contributed by atoms with Gasteiger partial charge in [-0.1, -0.05) is 35.5 Å². The highest BCUT2D eigenvalue weighted by atomic mass is 35.5. The summed E-state index contributed by atoms with van der Waals surface area (Å²) in [5.41, 5.74) is 2.08. The van der Waals surface area contributed by atoms with Gasteiger partial charge in [-0.15, -0.1) is 0 Å². The van der Waals surface area contributed by atoms with E-state index >= 15 is 0 Å². The second-order valence-electron chi connectivity index (χ2n) is 6.24. The van der Waals surface area contributed by atoms with Crippen LogP contribution in [0, 0.1) is 0 Å². The maximum atomic E-state index is 12.5. The largest absolute Gasteiger partial charge is 0.333 e. The number of aromatic nitrogens is 2. The maximum Gasteiger partial charge on any atom is 0.244 e. The molecule has 148 valence electrons. The van der Waals surface area contributed by atoms with Gasteiger partial charge in [-0.05, 0) is 37.3 Å². The fraction of sp³-hybridized carbons (Fsp3) is 0.222. The summed E-state index contributed by atoms with van der Waals surface area (Å²) >= 11 is 7.32. The summed E-state index contributed by atoms with van der Waals surface area (Å²) < 4.78 is 25.8. The minimum absolute atomic E-state index is 0.0606. The first kappa shape index (κ1) is 20.7. The molecular formula is C18H19ClN4O3S2. The number of hydrogen-bond acceptors (Lipinski definition) is 5. The average molecular weight is 439 g/mol. The van der Waals surface area contributed by atoms with Crippen molar-refractivity contribution in [2.45, 2.75) is 22.2 Å². The first-order valence-corrected chi connectivity index (χ1v) is 11.0. The number of anilines is 1. The molecule has 0 saturated carbocycles. The molecule has 1 amide bonds. The third-order valence-electron chi connectivity index (χ3n) is 3.98. The summed E-state index contributed by atoms with van der Waals surface area (Å²) in [7, 11) is -0.880. The van der Waals surface area contributed by atoms with Crippen LogP contribution in [-0.4, -0.2) is 47.9 Å². The lowest BCUT2D eigenvalue weighted by Crippen LogP contribution is -2.24. The van der Waals surface area contributed by atoms with Crippen LogP contribution in [-0.2, 0) is 14.8 Å². The number of sulfonamides is 1. The molecule has 0 fully saturated rings. The molecular weight excluding hydrogens is 420 g/mol. The van der Waals surface area contributed by atoms with Gasteiger partial charge in [-0.25, -0.2) is 17.7 Å². The molecule has 1 aromatic heterocycles. The Morgan fingerprint density at radius 1 is 1.25 bits per heavy atom. The predicted molar refractivity (Wildman–Crippen MR) is 112 cm³/mol. The van der Waals surface area contributed by atoms with Crippen molar-refractivity contribution in [2.24, 2.45) is 0 Å². The van der Waals surface area contributed by atoms with E-state index in [2.05, 4.69) is 15.3 Å². The molecule has 0 aliphatic rings. The average Bonchev–Trinajstić information content (AvgIpc) is 3.05. The van der Waals surface area contributed by atoms with Crippen molar-refractivity contribution >= 4 is 56.0 Å². The molecule has 1 atom stereocenters. The number of carbonyl (C=O) groups excluding carboxylic acids is 1. The van der Waals surface area contributed by atoms with Crippen LogP contribution in [0.15, 0.2) is 52.5 Å². The van der Waals surface area contributed by atoms with E-state index in [4.69, 9.17) is 11.6 Å². The molecule has 10 heteroatoms. The molecule has 7 nitrogen and oxygen atoms in total. The molecule has 2 N–H and O–H groups in total. The monoisotopic (exact) mass is 438 g/mol. The summed E-state index contributed by atoms with van der Waals surface area (Å²) in [6, 6.07) is 12.0. The molecule has 2 aromatic carbocycles. The van der Waals surface area contributed by atoms with E-state index < -0.39 is 15.3 Å². The Morgan fingerprint density at radius 3 is 2.64 bits per heavy atom. The van der Waals surface area contributed by atoms with Crippen LogP contribution in [0.25, 0.3) is 11.0 Å². The van der Waals surface area contributed by atoms with E-state index in [1.807, 2.05) is 24.3 Å². The molecule has 28 heavy (non-hydrogen) atoms. The second kappa shape index (κ2) is 8.12. The van der Waals surface area contributed by atoms with Gasteiger partial charge in [0, 0.05) is 19.8 Å². The number of carbonyl (C=O) groups is 1. The van der Waals surface area contributed by atoms with Gasteiger partial charge in [0.25, 0.3) is 0 Å². The summed E-state index contributed by atoms with van der Waals surface area (Å²) in [5.74, 6) is -0.277. The zero-order chi connectivity index (χ0) is 20.5. The molecule has 0 aliphatic carbocycles.